The highest BCUT2D eigenvalue weighted by atomic mass is 32.2. The van der Waals surface area contributed by atoms with E-state index in [4.69, 9.17) is 12.2 Å². The van der Waals surface area contributed by atoms with Crippen LogP contribution in [0.25, 0.3) is 17.0 Å². The molecule has 0 N–H and O–H groups in total. The topological polar surface area (TPSA) is 25.2 Å². The Morgan fingerprint density at radius 2 is 1.96 bits per heavy atom. The summed E-state index contributed by atoms with van der Waals surface area (Å²) in [6.07, 6.45) is 6.01. The number of thioether (sulfide) groups is 2. The van der Waals surface area contributed by atoms with E-state index in [1.807, 2.05) is 62.0 Å². The first kappa shape index (κ1) is 17.4. The lowest BCUT2D eigenvalue weighted by atomic mass is 10.1. The van der Waals surface area contributed by atoms with Gasteiger partial charge in [0.05, 0.1) is 10.6 Å². The van der Waals surface area contributed by atoms with Crippen LogP contribution in [0.5, 0.6) is 0 Å². The monoisotopic (exact) mass is 396 g/mol. The molecule has 3 aromatic rings. The van der Waals surface area contributed by atoms with Crippen molar-refractivity contribution in [3.05, 3.63) is 65.2 Å². The molecule has 0 spiro atoms. The lowest BCUT2D eigenvalue weighted by Crippen LogP contribution is -2.27. The number of benzene rings is 2. The standard InChI is InChI=1S/C20H16N2OS3/c1-21-12-13(16-8-3-4-9-17(16)21)10-18-19(23)22(20(24)26-18)14-6-5-7-15(11-14)25-2/h3-12H,1-2H3/b18-10+. The van der Waals surface area contributed by atoms with Gasteiger partial charge in [0.15, 0.2) is 4.32 Å². The van der Waals surface area contributed by atoms with Crippen molar-refractivity contribution in [1.82, 2.24) is 4.57 Å². The molecule has 130 valence electrons. The van der Waals surface area contributed by atoms with Crippen LogP contribution in [-0.4, -0.2) is 21.1 Å². The molecule has 3 nitrogen and oxygen atoms in total. The van der Waals surface area contributed by atoms with Crippen LogP contribution in [-0.2, 0) is 11.8 Å². The lowest BCUT2D eigenvalue weighted by Gasteiger charge is -2.15. The fourth-order valence-corrected chi connectivity index (χ4v) is 4.81. The van der Waals surface area contributed by atoms with E-state index in [2.05, 4.69) is 16.7 Å². The van der Waals surface area contributed by atoms with Crippen molar-refractivity contribution in [1.29, 1.82) is 0 Å². The summed E-state index contributed by atoms with van der Waals surface area (Å²) >= 11 is 8.49. The van der Waals surface area contributed by atoms with Crippen molar-refractivity contribution in [2.45, 2.75) is 4.90 Å². The third-order valence-corrected chi connectivity index (χ3v) is 6.35. The van der Waals surface area contributed by atoms with E-state index in [0.717, 1.165) is 27.0 Å². The molecule has 0 unspecified atom stereocenters. The fraction of sp³-hybridized carbons (Fsp3) is 0.100. The zero-order valence-electron chi connectivity index (χ0n) is 14.3. The highest BCUT2D eigenvalue weighted by Gasteiger charge is 2.33. The lowest BCUT2D eigenvalue weighted by molar-refractivity contribution is -0.113. The van der Waals surface area contributed by atoms with E-state index < -0.39 is 0 Å². The third kappa shape index (κ3) is 2.98. The molecular formula is C20H16N2OS3. The minimum absolute atomic E-state index is 0.0637. The number of carbonyl (C=O) groups is 1. The number of hydrogen-bond acceptors (Lipinski definition) is 4. The summed E-state index contributed by atoms with van der Waals surface area (Å²) in [6.45, 7) is 0. The Balaban J connectivity index is 1.73. The molecule has 0 aliphatic carbocycles. The predicted octanol–water partition coefficient (Wildman–Crippen LogP) is 5.31. The summed E-state index contributed by atoms with van der Waals surface area (Å²) in [4.78, 5) is 16.4. The van der Waals surface area contributed by atoms with Gasteiger partial charge in [0.25, 0.3) is 5.91 Å². The van der Waals surface area contributed by atoms with Crippen LogP contribution in [0.3, 0.4) is 0 Å². The summed E-state index contributed by atoms with van der Waals surface area (Å²) in [6, 6.07) is 16.1. The molecule has 1 fully saturated rings. The van der Waals surface area contributed by atoms with Gasteiger partial charge in [-0.3, -0.25) is 9.69 Å². The molecule has 4 rings (SSSR count). The third-order valence-electron chi connectivity index (χ3n) is 4.32. The Kier molecular flexibility index (Phi) is 4.65. The van der Waals surface area contributed by atoms with Gasteiger partial charge in [0.2, 0.25) is 0 Å². The molecule has 26 heavy (non-hydrogen) atoms. The van der Waals surface area contributed by atoms with Gasteiger partial charge in [-0.1, -0.05) is 48.2 Å². The highest BCUT2D eigenvalue weighted by molar-refractivity contribution is 8.27. The summed E-state index contributed by atoms with van der Waals surface area (Å²) < 4.78 is 2.64. The largest absolute Gasteiger partial charge is 0.350 e. The zero-order valence-corrected chi connectivity index (χ0v) is 16.8. The van der Waals surface area contributed by atoms with Crippen molar-refractivity contribution in [3.8, 4) is 0 Å². The highest BCUT2D eigenvalue weighted by Crippen LogP contribution is 2.37. The van der Waals surface area contributed by atoms with Crippen LogP contribution in [0.15, 0.2) is 64.5 Å². The van der Waals surface area contributed by atoms with Gasteiger partial charge >= 0.3 is 0 Å². The fourth-order valence-electron chi connectivity index (χ4n) is 3.07. The van der Waals surface area contributed by atoms with Gasteiger partial charge < -0.3 is 4.57 Å². The Morgan fingerprint density at radius 1 is 1.15 bits per heavy atom. The number of nitrogens with zero attached hydrogens (tertiary/aromatic N) is 2. The number of para-hydroxylation sites is 1. The normalized spacial score (nSPS) is 16.2. The average Bonchev–Trinajstić information content (AvgIpc) is 3.12. The van der Waals surface area contributed by atoms with E-state index in [1.165, 1.54) is 11.8 Å². The molecule has 2 heterocycles. The first-order valence-electron chi connectivity index (χ1n) is 8.04. The second-order valence-corrected chi connectivity index (χ2v) is 8.49. The molecule has 1 aromatic heterocycles. The molecule has 1 saturated heterocycles. The van der Waals surface area contributed by atoms with E-state index in [0.29, 0.717) is 9.23 Å². The molecular weight excluding hydrogens is 380 g/mol. The second kappa shape index (κ2) is 6.95. The van der Waals surface area contributed by atoms with Crippen molar-refractivity contribution >= 4 is 68.6 Å². The average molecular weight is 397 g/mol. The summed E-state index contributed by atoms with van der Waals surface area (Å²) in [7, 11) is 2.01. The maximum absolute atomic E-state index is 13.0. The predicted molar refractivity (Wildman–Crippen MR) is 117 cm³/mol. The summed E-state index contributed by atoms with van der Waals surface area (Å²) in [5, 5.41) is 1.13. The van der Waals surface area contributed by atoms with Crippen LogP contribution in [0.1, 0.15) is 5.56 Å². The Labute approximate surface area is 166 Å². The van der Waals surface area contributed by atoms with Crippen molar-refractivity contribution in [3.63, 3.8) is 0 Å². The van der Waals surface area contributed by atoms with Crippen LogP contribution >= 0.6 is 35.7 Å². The van der Waals surface area contributed by atoms with E-state index in [-0.39, 0.29) is 5.91 Å². The molecule has 6 heteroatoms. The number of fused-ring (bicyclic) bond motifs is 1. The van der Waals surface area contributed by atoms with Crippen LogP contribution in [0, 0.1) is 0 Å². The van der Waals surface area contributed by atoms with E-state index in [1.54, 1.807) is 16.7 Å². The Morgan fingerprint density at radius 3 is 2.77 bits per heavy atom. The first-order valence-corrected chi connectivity index (χ1v) is 10.5. The van der Waals surface area contributed by atoms with Gasteiger partial charge in [-0.05, 0) is 36.6 Å². The zero-order chi connectivity index (χ0) is 18.3. The SMILES string of the molecule is CSc1cccc(N2C(=O)/C(=C\c3cn(C)c4ccccc34)SC2=S)c1. The molecule has 1 aliphatic heterocycles. The number of amides is 1. The minimum Gasteiger partial charge on any atom is -0.350 e. The molecule has 0 bridgehead atoms. The van der Waals surface area contributed by atoms with Crippen molar-refractivity contribution in [2.24, 2.45) is 7.05 Å². The molecule has 1 aliphatic rings. The first-order chi connectivity index (χ1) is 12.6. The smallest absolute Gasteiger partial charge is 0.270 e. The second-order valence-electron chi connectivity index (χ2n) is 5.93. The molecule has 0 atom stereocenters. The van der Waals surface area contributed by atoms with Crippen molar-refractivity contribution in [2.75, 3.05) is 11.2 Å². The molecule has 1 amide bonds. The Bertz CT molecular complexity index is 1070. The summed E-state index contributed by atoms with van der Waals surface area (Å²) in [5.41, 5.74) is 2.99. The molecule has 0 radical (unpaired) electrons. The van der Waals surface area contributed by atoms with E-state index >= 15 is 0 Å². The molecule has 0 saturated carbocycles. The number of carbonyl (C=O) groups excluding carboxylic acids is 1. The van der Waals surface area contributed by atoms with E-state index in [9.17, 15) is 4.79 Å². The summed E-state index contributed by atoms with van der Waals surface area (Å²) in [5.74, 6) is -0.0637. The van der Waals surface area contributed by atoms with Crippen molar-refractivity contribution < 1.29 is 4.79 Å². The van der Waals surface area contributed by atoms with Gasteiger partial charge in [-0.15, -0.1) is 11.8 Å². The Hall–Kier alpha value is -2.02. The number of thiocarbonyl (C=S) groups is 1. The van der Waals surface area contributed by atoms with Gasteiger partial charge in [-0.25, -0.2) is 0 Å². The van der Waals surface area contributed by atoms with Crippen LogP contribution in [0.4, 0.5) is 5.69 Å². The number of aryl methyl sites for hydroxylation is 1. The van der Waals surface area contributed by atoms with Crippen LogP contribution < -0.4 is 4.90 Å². The maximum Gasteiger partial charge on any atom is 0.270 e. The van der Waals surface area contributed by atoms with Gasteiger partial charge in [-0.2, -0.15) is 0 Å². The van der Waals surface area contributed by atoms with Gasteiger partial charge in [0.1, 0.15) is 0 Å². The number of anilines is 1. The maximum atomic E-state index is 13.0. The number of rotatable bonds is 3. The number of hydrogen-bond donors (Lipinski definition) is 0. The minimum atomic E-state index is -0.0637. The van der Waals surface area contributed by atoms with Crippen LogP contribution in [0.2, 0.25) is 0 Å². The quantitative estimate of drug-likeness (QED) is 0.340. The number of aromatic nitrogens is 1. The van der Waals surface area contributed by atoms with Gasteiger partial charge in [0, 0.05) is 34.6 Å². The molecule has 2 aromatic carbocycles.